The van der Waals surface area contributed by atoms with Gasteiger partial charge >= 0.3 is 0 Å². The molecule has 1 aromatic rings. The van der Waals surface area contributed by atoms with E-state index in [-0.39, 0.29) is 18.6 Å². The molecule has 1 aliphatic heterocycles. The first-order valence-electron chi connectivity index (χ1n) is 13.3. The van der Waals surface area contributed by atoms with E-state index < -0.39 is 24.3 Å². The van der Waals surface area contributed by atoms with Gasteiger partial charge in [-0.05, 0) is 68.1 Å². The number of ether oxygens (including phenoxy) is 1. The highest BCUT2D eigenvalue weighted by atomic mass is 16.5. The van der Waals surface area contributed by atoms with Crippen LogP contribution in [0.5, 0.6) is 0 Å². The number of amides is 1. The van der Waals surface area contributed by atoms with Crippen molar-refractivity contribution in [1.82, 2.24) is 25.2 Å². The van der Waals surface area contributed by atoms with Crippen LogP contribution in [0.15, 0.2) is 6.20 Å². The molecule has 0 radical (unpaired) electrons. The molecule has 0 unspecified atom stereocenters. The van der Waals surface area contributed by atoms with E-state index in [1.165, 1.54) is 45.4 Å². The average molecular weight is 492 g/mol. The lowest BCUT2D eigenvalue weighted by Gasteiger charge is -2.56. The van der Waals surface area contributed by atoms with Gasteiger partial charge in [0, 0.05) is 19.5 Å². The summed E-state index contributed by atoms with van der Waals surface area (Å²) in [6.07, 6.45) is 8.28. The van der Waals surface area contributed by atoms with E-state index in [0.29, 0.717) is 30.8 Å². The summed E-state index contributed by atoms with van der Waals surface area (Å²) in [5.74, 6) is 2.42. The number of hydrogen-bond donors (Lipinski definition) is 4. The summed E-state index contributed by atoms with van der Waals surface area (Å²) in [6, 6.07) is -1.58. The van der Waals surface area contributed by atoms with Crippen molar-refractivity contribution in [1.29, 1.82) is 0 Å². The van der Waals surface area contributed by atoms with Gasteiger partial charge in [-0.25, -0.2) is 4.68 Å². The molecule has 1 saturated heterocycles. The van der Waals surface area contributed by atoms with Crippen molar-refractivity contribution in [2.45, 2.75) is 102 Å². The van der Waals surface area contributed by atoms with Gasteiger partial charge in [-0.15, -0.1) is 5.10 Å². The van der Waals surface area contributed by atoms with Gasteiger partial charge in [0.2, 0.25) is 5.91 Å². The van der Waals surface area contributed by atoms with Crippen molar-refractivity contribution in [2.75, 3.05) is 13.2 Å². The molecule has 0 spiro atoms. The molecule has 4 bridgehead atoms. The summed E-state index contributed by atoms with van der Waals surface area (Å²) in [4.78, 5) is 13.7. The summed E-state index contributed by atoms with van der Waals surface area (Å²) < 4.78 is 7.87. The van der Waals surface area contributed by atoms with Crippen molar-refractivity contribution < 1.29 is 24.9 Å². The first-order chi connectivity index (χ1) is 16.8. The number of carbonyl (C=O) groups is 1. The molecule has 35 heavy (non-hydrogen) atoms. The minimum atomic E-state index is -1.20. The fourth-order valence-electron chi connectivity index (χ4n) is 8.15. The Labute approximate surface area is 207 Å². The lowest BCUT2D eigenvalue weighted by Crippen LogP contribution is -2.70. The van der Waals surface area contributed by atoms with Gasteiger partial charge in [0.15, 0.2) is 0 Å². The van der Waals surface area contributed by atoms with Crippen molar-refractivity contribution >= 4 is 5.91 Å². The molecule has 1 amide bonds. The quantitative estimate of drug-likeness (QED) is 0.396. The van der Waals surface area contributed by atoms with Crippen molar-refractivity contribution in [3.8, 4) is 0 Å². The Hall–Kier alpha value is -1.59. The average Bonchev–Trinajstić information content (AvgIpc) is 3.23. The molecule has 4 N–H and O–H groups in total. The van der Waals surface area contributed by atoms with Crippen molar-refractivity contribution in [3.05, 3.63) is 11.9 Å². The van der Waals surface area contributed by atoms with Gasteiger partial charge in [0.05, 0.1) is 43.3 Å². The van der Waals surface area contributed by atoms with Crippen LogP contribution in [0.2, 0.25) is 0 Å². The molecule has 10 nitrogen and oxygen atoms in total. The molecule has 10 heteroatoms. The molecule has 2 heterocycles. The largest absolute Gasteiger partial charge is 0.395 e. The number of carbonyl (C=O) groups excluding carboxylic acids is 1. The summed E-state index contributed by atoms with van der Waals surface area (Å²) in [6.45, 7) is 4.50. The fraction of sp³-hybridized carbons (Fsp3) is 0.880. The number of nitrogens with zero attached hydrogens (tertiary/aromatic N) is 4. The zero-order valence-corrected chi connectivity index (χ0v) is 20.9. The Balaban J connectivity index is 1.21. The number of hydrogen-bond acceptors (Lipinski definition) is 8. The summed E-state index contributed by atoms with van der Waals surface area (Å²) >= 11 is 0. The second kappa shape index (κ2) is 10.0. The first kappa shape index (κ1) is 25.1. The molecule has 4 saturated carbocycles. The number of piperidine rings is 1. The van der Waals surface area contributed by atoms with Crippen LogP contribution in [0.25, 0.3) is 0 Å². The number of rotatable bonds is 9. The molecule has 5 aliphatic rings. The number of aromatic nitrogens is 3. The molecule has 0 aromatic carbocycles. The molecule has 4 aliphatic carbocycles. The van der Waals surface area contributed by atoms with Crippen LogP contribution in [0, 0.1) is 23.2 Å². The van der Waals surface area contributed by atoms with E-state index in [1.54, 1.807) is 4.68 Å². The normalized spacial score (nSPS) is 40.8. The summed E-state index contributed by atoms with van der Waals surface area (Å²) in [7, 11) is 0. The number of aliphatic hydroxyl groups is 3. The lowest BCUT2D eigenvalue weighted by atomic mass is 9.50. The van der Waals surface area contributed by atoms with Gasteiger partial charge < -0.3 is 25.4 Å². The minimum Gasteiger partial charge on any atom is -0.395 e. The molecule has 196 valence electrons. The summed E-state index contributed by atoms with van der Waals surface area (Å²) in [5, 5.41) is 42.6. The van der Waals surface area contributed by atoms with Crippen molar-refractivity contribution in [3.63, 3.8) is 0 Å². The maximum Gasteiger partial charge on any atom is 0.217 e. The van der Waals surface area contributed by atoms with Crippen LogP contribution in [0.3, 0.4) is 0 Å². The highest BCUT2D eigenvalue weighted by Gasteiger charge is 2.51. The number of likely N-dealkylation sites (tertiary alicyclic amines) is 1. The highest BCUT2D eigenvalue weighted by Crippen LogP contribution is 2.60. The monoisotopic (exact) mass is 491 g/mol. The SMILES string of the molecule is CC[C@@H]1[C@H](NC(C)=O)[C@@H](O)[C@H](O)[C@@H](CO)N1Cc1cn(COCC23CC4C[C@H](C2)C[C@H](C4)C3)nn1. The smallest absolute Gasteiger partial charge is 0.217 e. The molecule has 1 aromatic heterocycles. The Kier molecular flexibility index (Phi) is 7.20. The standard InChI is InChI=1S/C25H41N5O5/c1-3-20-22(26-15(2)32)24(34)23(33)21(12-31)30(20)11-19-10-29(28-27-19)14-35-13-25-7-16-4-17(8-25)6-18(5-16)9-25/h10,16-18,20-24,31,33-34H,3-9,11-14H2,1-2H3,(H,26,32)/t16-,17-,18?,20-,21-,22+,23-,24-,25?/m1/s1. The lowest BCUT2D eigenvalue weighted by molar-refractivity contribution is -0.142. The van der Waals surface area contributed by atoms with Crippen molar-refractivity contribution in [2.24, 2.45) is 23.2 Å². The topological polar surface area (TPSA) is 133 Å². The molecule has 5 fully saturated rings. The summed E-state index contributed by atoms with van der Waals surface area (Å²) in [5.41, 5.74) is 1.04. The van der Waals surface area contributed by atoms with E-state index in [2.05, 4.69) is 15.6 Å². The first-order valence-corrected chi connectivity index (χ1v) is 13.3. The van der Waals surface area contributed by atoms with Crippen LogP contribution in [-0.4, -0.2) is 84.7 Å². The molecule has 6 rings (SSSR count). The third-order valence-corrected chi connectivity index (χ3v) is 9.08. The maximum absolute atomic E-state index is 11.7. The van der Waals surface area contributed by atoms with Crippen LogP contribution < -0.4 is 5.32 Å². The van der Waals surface area contributed by atoms with Gasteiger partial charge in [0.25, 0.3) is 0 Å². The van der Waals surface area contributed by atoms with Gasteiger partial charge in [-0.1, -0.05) is 12.1 Å². The predicted molar refractivity (Wildman–Crippen MR) is 127 cm³/mol. The molecule has 5 atom stereocenters. The van der Waals surface area contributed by atoms with E-state index in [0.717, 1.165) is 24.4 Å². The van der Waals surface area contributed by atoms with Gasteiger partial charge in [-0.3, -0.25) is 9.69 Å². The van der Waals surface area contributed by atoms with Crippen LogP contribution in [0.4, 0.5) is 0 Å². The van der Waals surface area contributed by atoms with Gasteiger partial charge in [0.1, 0.15) is 12.8 Å². The van der Waals surface area contributed by atoms with E-state index in [1.807, 2.05) is 18.0 Å². The maximum atomic E-state index is 11.7. The minimum absolute atomic E-state index is 0.271. The predicted octanol–water partition coefficient (Wildman–Crippen LogP) is 0.650. The Morgan fingerprint density at radius 3 is 2.37 bits per heavy atom. The molecular formula is C25H41N5O5. The second-order valence-electron chi connectivity index (χ2n) is 11.7. The molecular weight excluding hydrogens is 450 g/mol. The number of nitrogens with one attached hydrogen (secondary N) is 1. The van der Waals surface area contributed by atoms with E-state index in [4.69, 9.17) is 4.74 Å². The Morgan fingerprint density at radius 1 is 1.14 bits per heavy atom. The van der Waals surface area contributed by atoms with Gasteiger partial charge in [-0.2, -0.15) is 0 Å². The zero-order chi connectivity index (χ0) is 24.7. The third-order valence-electron chi connectivity index (χ3n) is 9.08. The van der Waals surface area contributed by atoms with Crippen LogP contribution >= 0.6 is 0 Å². The van der Waals surface area contributed by atoms with Crippen LogP contribution in [-0.2, 0) is 22.8 Å². The number of aliphatic hydroxyl groups excluding tert-OH is 3. The highest BCUT2D eigenvalue weighted by molar-refractivity contribution is 5.73. The van der Waals surface area contributed by atoms with E-state index in [9.17, 15) is 20.1 Å². The zero-order valence-electron chi connectivity index (χ0n) is 20.9. The third kappa shape index (κ3) is 5.00. The Morgan fingerprint density at radius 2 is 1.80 bits per heavy atom. The van der Waals surface area contributed by atoms with E-state index >= 15 is 0 Å². The fourth-order valence-corrected chi connectivity index (χ4v) is 8.15. The Bertz CT molecular complexity index is 858. The second-order valence-corrected chi connectivity index (χ2v) is 11.7. The van der Waals surface area contributed by atoms with Crippen LogP contribution in [0.1, 0.15) is 64.5 Å².